The summed E-state index contributed by atoms with van der Waals surface area (Å²) in [6.45, 7) is 11.9. The SMILES string of the molecule is C.C/C=C\C=C/c1cn(C2CC(=NCCC3(c4ccccc4)CCN(C(=O)c4ccc(Br)c(OS(=O)NC(C)C)c4)CC3)CC(C)(N)C2)c(C)n1. The summed E-state index contributed by atoms with van der Waals surface area (Å²) in [5.41, 5.74) is 10.3. The van der Waals surface area contributed by atoms with Crippen molar-refractivity contribution in [2.45, 2.75) is 104 Å². The van der Waals surface area contributed by atoms with E-state index < -0.39 is 11.3 Å². The molecule has 0 spiro atoms. The van der Waals surface area contributed by atoms with Gasteiger partial charge >= 0.3 is 0 Å². The van der Waals surface area contributed by atoms with E-state index >= 15 is 0 Å². The first kappa shape index (κ1) is 40.4. The number of likely N-dealkylation sites (tertiary alicyclic amines) is 1. The normalized spacial score (nSPS) is 22.1. The molecular weight excluding hydrogens is 724 g/mol. The van der Waals surface area contributed by atoms with E-state index in [9.17, 15) is 9.00 Å². The topological polar surface area (TPSA) is 115 Å². The van der Waals surface area contributed by atoms with Crippen molar-refractivity contribution in [1.29, 1.82) is 0 Å². The Balaban J connectivity index is 0.00000583. The largest absolute Gasteiger partial charge is 0.388 e. The van der Waals surface area contributed by atoms with Crippen LogP contribution >= 0.6 is 15.9 Å². The molecule has 1 amide bonds. The average molecular weight is 780 g/mol. The molecule has 1 aliphatic heterocycles. The highest BCUT2D eigenvalue weighted by atomic mass is 79.9. The van der Waals surface area contributed by atoms with Gasteiger partial charge in [0.05, 0.1) is 10.2 Å². The highest BCUT2D eigenvalue weighted by Crippen LogP contribution is 2.40. The molecule has 1 aromatic heterocycles. The van der Waals surface area contributed by atoms with Crippen LogP contribution in [0.3, 0.4) is 0 Å². The second-order valence-electron chi connectivity index (χ2n) is 14.3. The van der Waals surface area contributed by atoms with Crippen LogP contribution < -0.4 is 14.6 Å². The number of amides is 1. The Morgan fingerprint density at radius 3 is 2.61 bits per heavy atom. The number of rotatable bonds is 12. The van der Waals surface area contributed by atoms with Crippen LogP contribution in [0.1, 0.15) is 107 Å². The van der Waals surface area contributed by atoms with E-state index in [-0.39, 0.29) is 36.4 Å². The maximum absolute atomic E-state index is 13.7. The zero-order valence-corrected chi connectivity index (χ0v) is 32.3. The number of aliphatic imine (C=N–C) groups is 1. The van der Waals surface area contributed by atoms with Gasteiger partial charge in [-0.15, -0.1) is 0 Å². The molecule has 3 N–H and O–H groups in total. The van der Waals surface area contributed by atoms with Crippen LogP contribution in [0, 0.1) is 6.92 Å². The summed E-state index contributed by atoms with van der Waals surface area (Å²) >= 11 is 1.74. The summed E-state index contributed by atoms with van der Waals surface area (Å²) in [5.74, 6) is 1.29. The second kappa shape index (κ2) is 17.9. The van der Waals surface area contributed by atoms with Crippen LogP contribution in [0.4, 0.5) is 0 Å². The Morgan fingerprint density at radius 1 is 1.20 bits per heavy atom. The van der Waals surface area contributed by atoms with Crippen molar-refractivity contribution in [3.63, 3.8) is 0 Å². The third-order valence-electron chi connectivity index (χ3n) is 9.68. The molecule has 9 nitrogen and oxygen atoms in total. The van der Waals surface area contributed by atoms with Gasteiger partial charge in [-0.25, -0.2) is 9.71 Å². The van der Waals surface area contributed by atoms with E-state index in [4.69, 9.17) is 19.9 Å². The fourth-order valence-electron chi connectivity index (χ4n) is 7.26. The molecule has 1 aliphatic carbocycles. The van der Waals surface area contributed by atoms with E-state index in [1.54, 1.807) is 18.2 Å². The molecule has 2 heterocycles. The first-order chi connectivity index (χ1) is 23.9. The van der Waals surface area contributed by atoms with Crippen molar-refractivity contribution >= 4 is 44.9 Å². The Labute approximate surface area is 315 Å². The van der Waals surface area contributed by atoms with Gasteiger partial charge in [-0.1, -0.05) is 56.0 Å². The van der Waals surface area contributed by atoms with Crippen LogP contribution in [0.5, 0.6) is 5.75 Å². The number of hydrogen-bond donors (Lipinski definition) is 2. The van der Waals surface area contributed by atoms with Crippen LogP contribution in [0.2, 0.25) is 0 Å². The minimum absolute atomic E-state index is 0. The molecule has 1 saturated carbocycles. The predicted molar refractivity (Wildman–Crippen MR) is 214 cm³/mol. The Bertz CT molecular complexity index is 1740. The highest BCUT2D eigenvalue weighted by Gasteiger charge is 2.38. The number of nitrogens with one attached hydrogen (secondary N) is 1. The van der Waals surface area contributed by atoms with Gasteiger partial charge in [0.2, 0.25) is 0 Å². The number of benzene rings is 2. The van der Waals surface area contributed by atoms with Crippen molar-refractivity contribution in [1.82, 2.24) is 19.2 Å². The molecule has 2 fully saturated rings. The van der Waals surface area contributed by atoms with Gasteiger partial charge < -0.3 is 19.4 Å². The fourth-order valence-corrected chi connectivity index (χ4v) is 8.42. The van der Waals surface area contributed by atoms with Crippen molar-refractivity contribution in [2.75, 3.05) is 19.6 Å². The van der Waals surface area contributed by atoms with E-state index in [0.717, 1.165) is 50.0 Å². The lowest BCUT2D eigenvalue weighted by Crippen LogP contribution is -2.46. The first-order valence-electron chi connectivity index (χ1n) is 17.5. The second-order valence-corrected chi connectivity index (χ2v) is 16.0. The third kappa shape index (κ3) is 10.6. The van der Waals surface area contributed by atoms with Gasteiger partial charge in [-0.05, 0) is 106 Å². The number of allylic oxidation sites excluding steroid dienone is 3. The lowest BCUT2D eigenvalue weighted by molar-refractivity contribution is 0.0660. The number of hydrogen-bond acceptors (Lipinski definition) is 6. The lowest BCUT2D eigenvalue weighted by Gasteiger charge is -2.42. The van der Waals surface area contributed by atoms with Crippen molar-refractivity contribution in [3.05, 3.63) is 100 Å². The quantitative estimate of drug-likeness (QED) is 0.180. The molecule has 0 radical (unpaired) electrons. The van der Waals surface area contributed by atoms with E-state index in [2.05, 4.69) is 75.6 Å². The van der Waals surface area contributed by atoms with Crippen LogP contribution in [0.25, 0.3) is 6.08 Å². The Hall–Kier alpha value is -3.38. The summed E-state index contributed by atoms with van der Waals surface area (Å²) in [6.07, 6.45) is 15.3. The molecule has 2 aliphatic rings. The van der Waals surface area contributed by atoms with Crippen LogP contribution in [-0.4, -0.2) is 61.5 Å². The van der Waals surface area contributed by atoms with Crippen LogP contribution in [-0.2, 0) is 16.7 Å². The highest BCUT2D eigenvalue weighted by molar-refractivity contribution is 9.10. The molecule has 51 heavy (non-hydrogen) atoms. The maximum Gasteiger partial charge on any atom is 0.288 e. The number of nitrogens with zero attached hydrogens (tertiary/aromatic N) is 4. The summed E-state index contributed by atoms with van der Waals surface area (Å²) in [5, 5.41) is 0. The fraction of sp³-hybridized carbons (Fsp3) is 0.475. The minimum Gasteiger partial charge on any atom is -0.388 e. The monoisotopic (exact) mass is 778 g/mol. The summed E-state index contributed by atoms with van der Waals surface area (Å²) < 4.78 is 23.7. The third-order valence-corrected chi connectivity index (χ3v) is 11.3. The number of piperidine rings is 1. The predicted octanol–water partition coefficient (Wildman–Crippen LogP) is 8.28. The molecule has 5 rings (SSSR count). The van der Waals surface area contributed by atoms with Crippen LogP contribution in [0.15, 0.2) is 82.4 Å². The molecule has 0 bridgehead atoms. The molecule has 2 aromatic carbocycles. The van der Waals surface area contributed by atoms with Gasteiger partial charge in [0.25, 0.3) is 17.2 Å². The maximum atomic E-state index is 13.7. The molecule has 3 aromatic rings. The summed E-state index contributed by atoms with van der Waals surface area (Å²) in [4.78, 5) is 25.6. The number of carbonyl (C=O) groups is 1. The van der Waals surface area contributed by atoms with Crippen molar-refractivity contribution in [3.8, 4) is 5.75 Å². The molecule has 276 valence electrons. The zero-order valence-electron chi connectivity index (χ0n) is 29.9. The number of nitrogens with two attached hydrogens (primary N) is 1. The van der Waals surface area contributed by atoms with E-state index in [1.165, 1.54) is 11.3 Å². The van der Waals surface area contributed by atoms with Gasteiger partial charge in [0, 0.05) is 73.0 Å². The summed E-state index contributed by atoms with van der Waals surface area (Å²) in [7, 11) is 0. The number of carbonyl (C=O) groups excluding carboxylic acids is 1. The molecule has 1 saturated heterocycles. The standard InChI is InChI=1S/C39H51BrN6O3S.CH4/c1-6-7-9-14-32-27-46(29(4)43-32)34-24-33(25-38(5,41)26-34)42-20-17-39(31-12-10-8-11-13-31)18-21-45(22-19-39)37(47)30-15-16-35(40)36(23-30)49-50(48)44-28(2)3;/h6-16,23,27-28,34,44H,17-22,24-26,41H2,1-5H3;1H4/b7-6-,14-9-,42-33?;. The summed E-state index contributed by atoms with van der Waals surface area (Å²) in [6, 6.07) is 16.1. The lowest BCUT2D eigenvalue weighted by atomic mass is 9.70. The van der Waals surface area contributed by atoms with E-state index in [1.807, 2.05) is 50.0 Å². The number of aromatic nitrogens is 2. The molecule has 11 heteroatoms. The van der Waals surface area contributed by atoms with E-state index in [0.29, 0.717) is 35.4 Å². The van der Waals surface area contributed by atoms with Crippen molar-refractivity contribution in [2.24, 2.45) is 10.7 Å². The molecular formula is C40H55BrN6O3S. The van der Waals surface area contributed by atoms with Gasteiger partial charge in [0.15, 0.2) is 5.75 Å². The Morgan fingerprint density at radius 2 is 1.92 bits per heavy atom. The zero-order chi connectivity index (χ0) is 35.9. The first-order valence-corrected chi connectivity index (χ1v) is 19.4. The average Bonchev–Trinajstić information content (AvgIpc) is 3.45. The van der Waals surface area contributed by atoms with Gasteiger partial charge in [0.1, 0.15) is 5.82 Å². The minimum atomic E-state index is -1.72. The number of imidazole rings is 1. The van der Waals surface area contributed by atoms with Gasteiger partial charge in [-0.3, -0.25) is 9.79 Å². The smallest absolute Gasteiger partial charge is 0.288 e. The number of halogens is 1. The number of aryl methyl sites for hydroxylation is 1. The van der Waals surface area contributed by atoms with Crippen molar-refractivity contribution < 1.29 is 13.2 Å². The van der Waals surface area contributed by atoms with Gasteiger partial charge in [-0.2, -0.15) is 4.21 Å². The molecule has 3 atom stereocenters. The Kier molecular flexibility index (Phi) is 14.2. The molecule has 3 unspecified atom stereocenters.